The zero-order valence-corrected chi connectivity index (χ0v) is 13.0. The number of aliphatic hydroxyl groups is 1. The molecule has 1 aliphatic heterocycles. The average molecular weight is 337 g/mol. The lowest BCUT2D eigenvalue weighted by molar-refractivity contribution is 0.0613. The highest BCUT2D eigenvalue weighted by atomic mass is 79.9. The number of rotatable bonds is 2. The van der Waals surface area contributed by atoms with Crippen molar-refractivity contribution in [1.82, 2.24) is 9.55 Å². The van der Waals surface area contributed by atoms with Gasteiger partial charge in [-0.1, -0.05) is 22.0 Å². The van der Waals surface area contributed by atoms with Gasteiger partial charge in [-0.15, -0.1) is 0 Å². The van der Waals surface area contributed by atoms with E-state index in [0.29, 0.717) is 12.5 Å². The molecule has 0 saturated heterocycles. The third kappa shape index (κ3) is 2.36. The largest absolute Gasteiger partial charge is 0.484 e. The van der Waals surface area contributed by atoms with Crippen molar-refractivity contribution >= 4 is 15.9 Å². The van der Waals surface area contributed by atoms with Crippen molar-refractivity contribution in [3.05, 3.63) is 46.5 Å². The van der Waals surface area contributed by atoms with Gasteiger partial charge < -0.3 is 14.4 Å². The van der Waals surface area contributed by atoms with Crippen molar-refractivity contribution in [2.24, 2.45) is 0 Å². The first-order valence-electron chi connectivity index (χ1n) is 6.72. The van der Waals surface area contributed by atoms with Crippen LogP contribution < -0.4 is 4.74 Å². The minimum Gasteiger partial charge on any atom is -0.484 e. The minimum atomic E-state index is -0.507. The molecule has 1 N–H and O–H groups in total. The van der Waals surface area contributed by atoms with Gasteiger partial charge in [0.2, 0.25) is 0 Å². The summed E-state index contributed by atoms with van der Waals surface area (Å²) < 4.78 is 9.10. The number of aliphatic hydroxyl groups excluding tert-OH is 1. The summed E-state index contributed by atoms with van der Waals surface area (Å²) in [6.07, 6.45) is 3.50. The molecular weight excluding hydrogens is 320 g/mol. The molecule has 0 aliphatic carbocycles. The Balaban J connectivity index is 1.96. The number of aromatic nitrogens is 2. The summed E-state index contributed by atoms with van der Waals surface area (Å²) in [5.41, 5.74) is 1.85. The average Bonchev–Trinajstić information content (AvgIpc) is 2.87. The molecule has 2 aromatic rings. The summed E-state index contributed by atoms with van der Waals surface area (Å²) in [5.74, 6) is 0.736. The van der Waals surface area contributed by atoms with Gasteiger partial charge in [-0.25, -0.2) is 4.98 Å². The van der Waals surface area contributed by atoms with E-state index in [1.807, 2.05) is 30.7 Å². The molecule has 2 heterocycles. The van der Waals surface area contributed by atoms with Crippen LogP contribution in [-0.2, 0) is 0 Å². The summed E-state index contributed by atoms with van der Waals surface area (Å²) >= 11 is 3.44. The van der Waals surface area contributed by atoms with Crippen LogP contribution in [0.1, 0.15) is 49.8 Å². The molecule has 0 bridgehead atoms. The molecule has 0 spiro atoms. The van der Waals surface area contributed by atoms with E-state index in [1.165, 1.54) is 0 Å². The fraction of sp³-hybridized carbons (Fsp3) is 0.400. The molecular formula is C15H17BrN2O2. The second-order valence-electron chi connectivity index (χ2n) is 5.36. The van der Waals surface area contributed by atoms with E-state index in [2.05, 4.69) is 39.3 Å². The van der Waals surface area contributed by atoms with E-state index in [1.54, 1.807) is 0 Å². The normalized spacial score (nSPS) is 21.6. The standard InChI is InChI=1S/C15H17BrN2O2/c1-9(2)18-8-17-7-12(18)15-6-13(19)11-4-3-10(16)5-14(11)20-15/h3-5,7-9,13,15,19H,6H2,1-2H3/t13-,15?/m0/s1. The Morgan fingerprint density at radius 1 is 1.45 bits per heavy atom. The van der Waals surface area contributed by atoms with E-state index < -0.39 is 6.10 Å². The number of nitrogens with zero attached hydrogens (tertiary/aromatic N) is 2. The molecule has 1 aromatic carbocycles. The number of fused-ring (bicyclic) bond motifs is 1. The van der Waals surface area contributed by atoms with E-state index in [-0.39, 0.29) is 6.10 Å². The smallest absolute Gasteiger partial charge is 0.143 e. The van der Waals surface area contributed by atoms with Gasteiger partial charge in [0.05, 0.1) is 24.3 Å². The van der Waals surface area contributed by atoms with E-state index in [0.717, 1.165) is 21.5 Å². The highest BCUT2D eigenvalue weighted by Gasteiger charge is 2.30. The van der Waals surface area contributed by atoms with E-state index in [4.69, 9.17) is 4.74 Å². The molecule has 0 radical (unpaired) electrons. The van der Waals surface area contributed by atoms with Crippen LogP contribution in [-0.4, -0.2) is 14.7 Å². The summed E-state index contributed by atoms with van der Waals surface area (Å²) in [4.78, 5) is 4.21. The molecule has 1 unspecified atom stereocenters. The van der Waals surface area contributed by atoms with Crippen LogP contribution in [0.15, 0.2) is 35.2 Å². The number of hydrogen-bond acceptors (Lipinski definition) is 3. The molecule has 20 heavy (non-hydrogen) atoms. The van der Waals surface area contributed by atoms with Gasteiger partial charge in [0.25, 0.3) is 0 Å². The Kier molecular flexibility index (Phi) is 3.56. The molecule has 106 valence electrons. The molecule has 0 fully saturated rings. The van der Waals surface area contributed by atoms with E-state index in [9.17, 15) is 5.11 Å². The molecule has 2 atom stereocenters. The molecule has 4 nitrogen and oxygen atoms in total. The number of halogens is 1. The molecule has 3 rings (SSSR count). The monoisotopic (exact) mass is 336 g/mol. The third-order valence-corrected chi connectivity index (χ3v) is 4.12. The van der Waals surface area contributed by atoms with Crippen LogP contribution in [0.2, 0.25) is 0 Å². The number of benzene rings is 1. The second kappa shape index (κ2) is 5.22. The van der Waals surface area contributed by atoms with Gasteiger partial charge in [0.15, 0.2) is 0 Å². The quantitative estimate of drug-likeness (QED) is 0.907. The molecule has 1 aliphatic rings. The number of imidazole rings is 1. The summed E-state index contributed by atoms with van der Waals surface area (Å²) in [5, 5.41) is 10.3. The van der Waals surface area contributed by atoms with Crippen molar-refractivity contribution in [3.63, 3.8) is 0 Å². The Labute approximate surface area is 126 Å². The first-order chi connectivity index (χ1) is 9.56. The van der Waals surface area contributed by atoms with Crippen LogP contribution in [0.5, 0.6) is 5.75 Å². The first-order valence-corrected chi connectivity index (χ1v) is 7.51. The predicted molar refractivity (Wildman–Crippen MR) is 79.7 cm³/mol. The van der Waals surface area contributed by atoms with Crippen molar-refractivity contribution in [3.8, 4) is 5.75 Å². The Morgan fingerprint density at radius 3 is 3.00 bits per heavy atom. The number of ether oxygens (including phenoxy) is 1. The summed E-state index contributed by atoms with van der Waals surface area (Å²) in [6, 6.07) is 6.04. The van der Waals surface area contributed by atoms with Crippen molar-refractivity contribution in [1.29, 1.82) is 0 Å². The van der Waals surface area contributed by atoms with Gasteiger partial charge in [0, 0.05) is 22.5 Å². The molecule has 5 heteroatoms. The van der Waals surface area contributed by atoms with Crippen LogP contribution >= 0.6 is 15.9 Å². The van der Waals surface area contributed by atoms with Crippen molar-refractivity contribution in [2.75, 3.05) is 0 Å². The third-order valence-electron chi connectivity index (χ3n) is 3.62. The molecule has 0 amide bonds. The van der Waals surface area contributed by atoms with Crippen molar-refractivity contribution in [2.45, 2.75) is 38.5 Å². The minimum absolute atomic E-state index is 0.170. The van der Waals surface area contributed by atoms with Gasteiger partial charge >= 0.3 is 0 Å². The maximum atomic E-state index is 10.3. The van der Waals surface area contributed by atoms with Crippen LogP contribution in [0, 0.1) is 0 Å². The first kappa shape index (κ1) is 13.6. The maximum absolute atomic E-state index is 10.3. The Hall–Kier alpha value is -1.33. The fourth-order valence-electron chi connectivity index (χ4n) is 2.59. The number of hydrogen-bond donors (Lipinski definition) is 1. The van der Waals surface area contributed by atoms with E-state index >= 15 is 0 Å². The molecule has 1 aromatic heterocycles. The fourth-order valence-corrected chi connectivity index (χ4v) is 2.93. The topological polar surface area (TPSA) is 47.3 Å². The molecule has 0 saturated carbocycles. The van der Waals surface area contributed by atoms with Gasteiger partial charge in [-0.2, -0.15) is 0 Å². The second-order valence-corrected chi connectivity index (χ2v) is 6.28. The highest BCUT2D eigenvalue weighted by molar-refractivity contribution is 9.10. The predicted octanol–water partition coefficient (Wildman–Crippen LogP) is 3.78. The zero-order valence-electron chi connectivity index (χ0n) is 11.5. The highest BCUT2D eigenvalue weighted by Crippen LogP contribution is 2.42. The van der Waals surface area contributed by atoms with Gasteiger partial charge in [-0.3, -0.25) is 0 Å². The zero-order chi connectivity index (χ0) is 14.3. The van der Waals surface area contributed by atoms with Crippen LogP contribution in [0.25, 0.3) is 0 Å². The van der Waals surface area contributed by atoms with Gasteiger partial charge in [0.1, 0.15) is 11.9 Å². The van der Waals surface area contributed by atoms with Crippen LogP contribution in [0.4, 0.5) is 0 Å². The van der Waals surface area contributed by atoms with Crippen LogP contribution in [0.3, 0.4) is 0 Å². The Bertz CT molecular complexity index is 624. The SMILES string of the molecule is CC(C)n1cncc1C1C[C@H](O)c2ccc(Br)cc2O1. The summed E-state index contributed by atoms with van der Waals surface area (Å²) in [6.45, 7) is 4.21. The summed E-state index contributed by atoms with van der Waals surface area (Å²) in [7, 11) is 0. The Morgan fingerprint density at radius 2 is 2.25 bits per heavy atom. The van der Waals surface area contributed by atoms with Crippen molar-refractivity contribution < 1.29 is 9.84 Å². The lowest BCUT2D eigenvalue weighted by Crippen LogP contribution is -2.22. The van der Waals surface area contributed by atoms with Gasteiger partial charge in [-0.05, 0) is 26.0 Å². The lowest BCUT2D eigenvalue weighted by atomic mass is 9.97. The lowest BCUT2D eigenvalue weighted by Gasteiger charge is -2.30. The maximum Gasteiger partial charge on any atom is 0.143 e.